The molecule has 4 nitrogen and oxygen atoms in total. The van der Waals surface area contributed by atoms with Crippen molar-refractivity contribution in [2.45, 2.75) is 20.0 Å². The topological polar surface area (TPSA) is 53.6 Å². The molecule has 1 aliphatic rings. The minimum absolute atomic E-state index is 0.143. The molecule has 1 atom stereocenters. The van der Waals surface area contributed by atoms with E-state index in [1.165, 1.54) is 0 Å². The molecular formula is C5H12N4. The Balaban J connectivity index is 2.53. The fourth-order valence-electron chi connectivity index (χ4n) is 0.842. The number of nitrogens with zero attached hydrogens (tertiary/aromatic N) is 2. The largest absolute Gasteiger partial charge is 0.369 e. The van der Waals surface area contributed by atoms with Gasteiger partial charge in [0.25, 0.3) is 0 Å². The maximum absolute atomic E-state index is 5.49. The Kier molecular flexibility index (Phi) is 1.57. The molecule has 0 spiro atoms. The summed E-state index contributed by atoms with van der Waals surface area (Å²) in [6.45, 7) is 4.84. The highest BCUT2D eigenvalue weighted by atomic mass is 15.6. The Bertz CT molecular complexity index is 131. The van der Waals surface area contributed by atoms with Gasteiger partial charge < -0.3 is 5.73 Å². The molecule has 3 N–H and O–H groups in total. The minimum Gasteiger partial charge on any atom is -0.369 e. The highest BCUT2D eigenvalue weighted by molar-refractivity contribution is 5.78. The first-order valence-electron chi connectivity index (χ1n) is 3.11. The molecule has 0 saturated carbocycles. The summed E-state index contributed by atoms with van der Waals surface area (Å²) < 4.78 is 0. The number of hydrogen-bond acceptors (Lipinski definition) is 4. The quantitative estimate of drug-likeness (QED) is 0.500. The number of guanidine groups is 1. The van der Waals surface area contributed by atoms with Crippen molar-refractivity contribution in [1.29, 1.82) is 0 Å². The molecule has 0 aliphatic carbocycles. The predicted octanol–water partition coefficient (Wildman–Crippen LogP) is -0.513. The zero-order valence-corrected chi connectivity index (χ0v) is 5.76. The fraction of sp³-hybridized carbons (Fsp3) is 0.800. The van der Waals surface area contributed by atoms with E-state index >= 15 is 0 Å². The maximum atomic E-state index is 5.49. The summed E-state index contributed by atoms with van der Waals surface area (Å²) >= 11 is 0. The lowest BCUT2D eigenvalue weighted by molar-refractivity contribution is 0.317. The first-order chi connectivity index (χ1) is 4.24. The molecule has 0 aromatic carbocycles. The highest BCUT2D eigenvalue weighted by Crippen LogP contribution is 1.96. The molecule has 4 heteroatoms. The van der Waals surface area contributed by atoms with Crippen molar-refractivity contribution in [2.24, 2.45) is 10.7 Å². The lowest BCUT2D eigenvalue weighted by Gasteiger charge is -2.15. The molecule has 0 aromatic rings. The van der Waals surface area contributed by atoms with Crippen LogP contribution in [0.4, 0.5) is 0 Å². The van der Waals surface area contributed by atoms with Gasteiger partial charge in [0.2, 0.25) is 5.96 Å². The zero-order valence-electron chi connectivity index (χ0n) is 5.76. The van der Waals surface area contributed by atoms with Gasteiger partial charge in [-0.15, -0.1) is 0 Å². The molecular weight excluding hydrogens is 116 g/mol. The molecule has 0 fully saturated rings. The summed E-state index contributed by atoms with van der Waals surface area (Å²) in [5, 5.41) is 1.82. The van der Waals surface area contributed by atoms with Gasteiger partial charge in [-0.3, -0.25) is 5.01 Å². The van der Waals surface area contributed by atoms with Gasteiger partial charge in [0.15, 0.2) is 0 Å². The van der Waals surface area contributed by atoms with Gasteiger partial charge in [-0.2, -0.15) is 0 Å². The van der Waals surface area contributed by atoms with Crippen molar-refractivity contribution < 1.29 is 0 Å². The van der Waals surface area contributed by atoms with Crippen LogP contribution in [-0.2, 0) is 0 Å². The molecule has 0 aromatic heterocycles. The van der Waals surface area contributed by atoms with Crippen LogP contribution in [0.25, 0.3) is 0 Å². The van der Waals surface area contributed by atoms with Gasteiger partial charge in [-0.05, 0) is 13.8 Å². The minimum atomic E-state index is 0.143. The maximum Gasteiger partial charge on any atom is 0.207 e. The fourth-order valence-corrected chi connectivity index (χ4v) is 0.842. The summed E-state index contributed by atoms with van der Waals surface area (Å²) in [6, 6.07) is 0. The highest BCUT2D eigenvalue weighted by Gasteiger charge is 2.15. The van der Waals surface area contributed by atoms with E-state index in [9.17, 15) is 0 Å². The molecule has 1 heterocycles. The van der Waals surface area contributed by atoms with Crippen LogP contribution in [0.15, 0.2) is 4.99 Å². The van der Waals surface area contributed by atoms with Crippen LogP contribution in [0.1, 0.15) is 13.8 Å². The Morgan fingerprint density at radius 2 is 2.56 bits per heavy atom. The van der Waals surface area contributed by atoms with Crippen LogP contribution in [0.5, 0.6) is 0 Å². The average molecular weight is 128 g/mol. The van der Waals surface area contributed by atoms with Gasteiger partial charge in [0.1, 0.15) is 6.17 Å². The number of nitrogens with one attached hydrogen (secondary N) is 1. The van der Waals surface area contributed by atoms with Crippen LogP contribution in [0.3, 0.4) is 0 Å². The van der Waals surface area contributed by atoms with E-state index in [-0.39, 0.29) is 6.17 Å². The van der Waals surface area contributed by atoms with Gasteiger partial charge in [-0.1, -0.05) is 0 Å². The van der Waals surface area contributed by atoms with Crippen molar-refractivity contribution >= 4 is 5.96 Å². The van der Waals surface area contributed by atoms with E-state index in [0.29, 0.717) is 5.96 Å². The summed E-state index contributed by atoms with van der Waals surface area (Å²) in [7, 11) is 0. The number of aliphatic imine (C=N–C) groups is 1. The van der Waals surface area contributed by atoms with Gasteiger partial charge in [-0.25, -0.2) is 10.4 Å². The first-order valence-corrected chi connectivity index (χ1v) is 3.11. The molecule has 1 unspecified atom stereocenters. The molecule has 0 bridgehead atoms. The molecule has 52 valence electrons. The number of nitrogens with two attached hydrogens (primary N) is 1. The summed E-state index contributed by atoms with van der Waals surface area (Å²) in [4.78, 5) is 4.05. The summed E-state index contributed by atoms with van der Waals surface area (Å²) in [6.07, 6.45) is 0.143. The third-order valence-corrected chi connectivity index (χ3v) is 1.26. The lowest BCUT2D eigenvalue weighted by atomic mass is 10.6. The summed E-state index contributed by atoms with van der Waals surface area (Å²) in [5.74, 6) is 0.588. The van der Waals surface area contributed by atoms with Crippen LogP contribution < -0.4 is 11.2 Å². The summed E-state index contributed by atoms with van der Waals surface area (Å²) in [5.41, 5.74) is 8.55. The second-order valence-corrected chi connectivity index (χ2v) is 2.04. The van der Waals surface area contributed by atoms with Crippen molar-refractivity contribution in [3.8, 4) is 0 Å². The van der Waals surface area contributed by atoms with Crippen LogP contribution in [-0.4, -0.2) is 23.7 Å². The van der Waals surface area contributed by atoms with E-state index in [1.54, 1.807) is 0 Å². The molecule has 1 rings (SSSR count). The van der Waals surface area contributed by atoms with Crippen LogP contribution in [0, 0.1) is 0 Å². The van der Waals surface area contributed by atoms with E-state index in [2.05, 4.69) is 10.4 Å². The molecule has 1 aliphatic heterocycles. The smallest absolute Gasteiger partial charge is 0.207 e. The van der Waals surface area contributed by atoms with Crippen LogP contribution >= 0.6 is 0 Å². The van der Waals surface area contributed by atoms with Crippen LogP contribution in [0.2, 0.25) is 0 Å². The standard InChI is InChI=1S/C5H12N4/c1-3-9-5(6)7-4(2)8-9/h4,8H,3H2,1-2H3,(H2,6,7). The Hall–Kier alpha value is -0.770. The Morgan fingerprint density at radius 3 is 2.78 bits per heavy atom. The van der Waals surface area contributed by atoms with Gasteiger partial charge in [0, 0.05) is 6.54 Å². The van der Waals surface area contributed by atoms with Gasteiger partial charge in [0.05, 0.1) is 0 Å². The van der Waals surface area contributed by atoms with E-state index in [4.69, 9.17) is 5.73 Å². The third kappa shape index (κ3) is 1.13. The van der Waals surface area contributed by atoms with Crippen molar-refractivity contribution in [2.75, 3.05) is 6.54 Å². The van der Waals surface area contributed by atoms with Crippen molar-refractivity contribution in [1.82, 2.24) is 10.4 Å². The van der Waals surface area contributed by atoms with E-state index < -0.39 is 0 Å². The SMILES string of the molecule is CCN1NC(C)N=C1N. The van der Waals surface area contributed by atoms with E-state index in [1.807, 2.05) is 18.9 Å². The first kappa shape index (κ1) is 6.35. The zero-order chi connectivity index (χ0) is 6.85. The predicted molar refractivity (Wildman–Crippen MR) is 36.6 cm³/mol. The Labute approximate surface area is 54.7 Å². The number of hydrogen-bond donors (Lipinski definition) is 2. The van der Waals surface area contributed by atoms with E-state index in [0.717, 1.165) is 6.54 Å². The molecule has 0 amide bonds. The monoisotopic (exact) mass is 128 g/mol. The number of hydrazine groups is 1. The molecule has 0 saturated heterocycles. The number of rotatable bonds is 1. The Morgan fingerprint density at radius 1 is 1.89 bits per heavy atom. The second kappa shape index (κ2) is 2.23. The molecule has 0 radical (unpaired) electrons. The normalized spacial score (nSPS) is 26.7. The average Bonchev–Trinajstić information content (AvgIpc) is 2.10. The molecule has 9 heavy (non-hydrogen) atoms. The third-order valence-electron chi connectivity index (χ3n) is 1.26. The van der Waals surface area contributed by atoms with Crippen molar-refractivity contribution in [3.05, 3.63) is 0 Å². The van der Waals surface area contributed by atoms with Crippen molar-refractivity contribution in [3.63, 3.8) is 0 Å². The second-order valence-electron chi connectivity index (χ2n) is 2.04. The lowest BCUT2D eigenvalue weighted by Crippen LogP contribution is -2.42. The van der Waals surface area contributed by atoms with Gasteiger partial charge >= 0.3 is 0 Å².